The third-order valence-electron chi connectivity index (χ3n) is 3.73. The summed E-state index contributed by atoms with van der Waals surface area (Å²) < 4.78 is 6.95. The first-order chi connectivity index (χ1) is 12.2. The number of carbonyl (C=O) groups is 1. The van der Waals surface area contributed by atoms with E-state index in [1.807, 2.05) is 72.1 Å². The molecule has 0 radical (unpaired) electrons. The summed E-state index contributed by atoms with van der Waals surface area (Å²) in [5.74, 6) is 0.488. The van der Waals surface area contributed by atoms with Gasteiger partial charge < -0.3 is 10.1 Å². The lowest BCUT2D eigenvalue weighted by Crippen LogP contribution is -2.18. The summed E-state index contributed by atoms with van der Waals surface area (Å²) >= 11 is 0. The highest BCUT2D eigenvalue weighted by atomic mass is 16.5. The number of imidazole rings is 1. The Bertz CT molecular complexity index is 898. The molecule has 0 spiro atoms. The van der Waals surface area contributed by atoms with E-state index in [-0.39, 0.29) is 12.5 Å². The molecule has 0 amide bonds. The van der Waals surface area contributed by atoms with Gasteiger partial charge in [-0.15, -0.1) is 0 Å². The van der Waals surface area contributed by atoms with Crippen LogP contribution in [0.5, 0.6) is 0 Å². The first-order valence-electron chi connectivity index (χ1n) is 8.28. The Kier molecular flexibility index (Phi) is 5.14. The molecule has 0 fully saturated rings. The van der Waals surface area contributed by atoms with Crippen LogP contribution >= 0.6 is 0 Å². The summed E-state index contributed by atoms with van der Waals surface area (Å²) in [5, 5.41) is 3.16. The zero-order valence-electron chi connectivity index (χ0n) is 14.4. The van der Waals surface area contributed by atoms with Crippen molar-refractivity contribution in [3.63, 3.8) is 0 Å². The first kappa shape index (κ1) is 16.8. The number of aryl methyl sites for hydroxylation is 1. The molecule has 0 saturated heterocycles. The van der Waals surface area contributed by atoms with Crippen LogP contribution in [0.2, 0.25) is 0 Å². The SMILES string of the molecule is CCOC(=O)CNc1c(/C=C/c2ccccc2)nc2ccc(C)cn12. The van der Waals surface area contributed by atoms with E-state index in [2.05, 4.69) is 10.3 Å². The largest absolute Gasteiger partial charge is 0.465 e. The molecule has 128 valence electrons. The third kappa shape index (κ3) is 4.07. The number of nitrogens with zero attached hydrogens (tertiary/aromatic N) is 2. The first-order valence-corrected chi connectivity index (χ1v) is 8.28. The maximum absolute atomic E-state index is 11.7. The van der Waals surface area contributed by atoms with Crippen molar-refractivity contribution in [1.29, 1.82) is 0 Å². The number of hydrogen-bond acceptors (Lipinski definition) is 4. The molecule has 0 atom stereocenters. The van der Waals surface area contributed by atoms with Gasteiger partial charge >= 0.3 is 5.97 Å². The molecular formula is C20H21N3O2. The van der Waals surface area contributed by atoms with E-state index in [0.29, 0.717) is 6.61 Å². The van der Waals surface area contributed by atoms with E-state index in [4.69, 9.17) is 4.74 Å². The summed E-state index contributed by atoms with van der Waals surface area (Å²) in [7, 11) is 0. The lowest BCUT2D eigenvalue weighted by atomic mass is 10.2. The van der Waals surface area contributed by atoms with Crippen molar-refractivity contribution in [2.75, 3.05) is 18.5 Å². The molecule has 0 aliphatic carbocycles. The third-order valence-corrected chi connectivity index (χ3v) is 3.73. The minimum Gasteiger partial charge on any atom is -0.465 e. The van der Waals surface area contributed by atoms with Crippen LogP contribution in [0.1, 0.15) is 23.7 Å². The number of aromatic nitrogens is 2. The molecule has 0 bridgehead atoms. The van der Waals surface area contributed by atoms with Crippen LogP contribution in [0.25, 0.3) is 17.8 Å². The number of pyridine rings is 1. The summed E-state index contributed by atoms with van der Waals surface area (Å²) in [6.07, 6.45) is 5.95. The number of fused-ring (bicyclic) bond motifs is 1. The van der Waals surface area contributed by atoms with Gasteiger partial charge in [0.25, 0.3) is 0 Å². The van der Waals surface area contributed by atoms with Crippen molar-refractivity contribution in [2.45, 2.75) is 13.8 Å². The van der Waals surface area contributed by atoms with E-state index < -0.39 is 0 Å². The molecule has 3 rings (SSSR count). The summed E-state index contributed by atoms with van der Waals surface area (Å²) in [4.78, 5) is 16.4. The Labute approximate surface area is 147 Å². The maximum atomic E-state index is 11.7. The molecule has 0 aliphatic rings. The monoisotopic (exact) mass is 335 g/mol. The number of carbonyl (C=O) groups excluding carboxylic acids is 1. The number of rotatable bonds is 6. The van der Waals surface area contributed by atoms with Crippen molar-refractivity contribution in [3.8, 4) is 0 Å². The maximum Gasteiger partial charge on any atom is 0.325 e. The average Bonchev–Trinajstić information content (AvgIpc) is 2.96. The number of benzene rings is 1. The average molecular weight is 335 g/mol. The fraction of sp³-hybridized carbons (Fsp3) is 0.200. The predicted octanol–water partition coefficient (Wildman–Crippen LogP) is 3.79. The van der Waals surface area contributed by atoms with E-state index in [9.17, 15) is 4.79 Å². The van der Waals surface area contributed by atoms with Gasteiger partial charge in [-0.2, -0.15) is 0 Å². The van der Waals surface area contributed by atoms with Gasteiger partial charge in [-0.3, -0.25) is 9.20 Å². The fourth-order valence-corrected chi connectivity index (χ4v) is 2.57. The van der Waals surface area contributed by atoms with Crippen molar-refractivity contribution < 1.29 is 9.53 Å². The second-order valence-corrected chi connectivity index (χ2v) is 5.68. The second kappa shape index (κ2) is 7.66. The number of anilines is 1. The molecule has 0 saturated carbocycles. The minimum atomic E-state index is -0.289. The zero-order chi connectivity index (χ0) is 17.6. The smallest absolute Gasteiger partial charge is 0.325 e. The van der Waals surface area contributed by atoms with Crippen LogP contribution in [0, 0.1) is 6.92 Å². The normalized spacial score (nSPS) is 11.1. The Morgan fingerprint density at radius 3 is 2.76 bits per heavy atom. The molecule has 25 heavy (non-hydrogen) atoms. The molecule has 5 heteroatoms. The summed E-state index contributed by atoms with van der Waals surface area (Å²) in [5.41, 5.74) is 3.80. The number of hydrogen-bond donors (Lipinski definition) is 1. The van der Waals surface area contributed by atoms with Crippen LogP contribution < -0.4 is 5.32 Å². The van der Waals surface area contributed by atoms with Gasteiger partial charge in [0.1, 0.15) is 23.7 Å². The Balaban J connectivity index is 1.94. The van der Waals surface area contributed by atoms with E-state index in [0.717, 1.165) is 28.3 Å². The topological polar surface area (TPSA) is 55.6 Å². The molecule has 1 N–H and O–H groups in total. The van der Waals surface area contributed by atoms with E-state index >= 15 is 0 Å². The summed E-state index contributed by atoms with van der Waals surface area (Å²) in [6, 6.07) is 14.0. The van der Waals surface area contributed by atoms with Crippen LogP contribution in [-0.2, 0) is 9.53 Å². The lowest BCUT2D eigenvalue weighted by Gasteiger charge is -2.07. The van der Waals surface area contributed by atoms with Crippen LogP contribution in [0.4, 0.5) is 5.82 Å². The molecule has 0 aliphatic heterocycles. The van der Waals surface area contributed by atoms with E-state index in [1.165, 1.54) is 0 Å². The van der Waals surface area contributed by atoms with Crippen molar-refractivity contribution in [1.82, 2.24) is 9.38 Å². The highest BCUT2D eigenvalue weighted by molar-refractivity contribution is 5.79. The van der Waals surface area contributed by atoms with Gasteiger partial charge in [-0.25, -0.2) is 4.98 Å². The summed E-state index contributed by atoms with van der Waals surface area (Å²) in [6.45, 7) is 4.28. The molecule has 2 aromatic heterocycles. The predicted molar refractivity (Wildman–Crippen MR) is 100 cm³/mol. The van der Waals surface area contributed by atoms with Gasteiger partial charge in [-0.05, 0) is 37.1 Å². The second-order valence-electron chi connectivity index (χ2n) is 5.68. The Hall–Kier alpha value is -3.08. The van der Waals surface area contributed by atoms with Crippen LogP contribution in [0.15, 0.2) is 48.7 Å². The van der Waals surface area contributed by atoms with Crippen LogP contribution in [-0.4, -0.2) is 28.5 Å². The van der Waals surface area contributed by atoms with Gasteiger partial charge in [0.05, 0.1) is 6.61 Å². The van der Waals surface area contributed by atoms with E-state index in [1.54, 1.807) is 6.92 Å². The fourth-order valence-electron chi connectivity index (χ4n) is 2.57. The molecular weight excluding hydrogens is 314 g/mol. The highest BCUT2D eigenvalue weighted by Crippen LogP contribution is 2.21. The van der Waals surface area contributed by atoms with Crippen molar-refractivity contribution in [3.05, 3.63) is 65.5 Å². The quantitative estimate of drug-likeness (QED) is 0.696. The Morgan fingerprint density at radius 2 is 2.00 bits per heavy atom. The number of nitrogens with one attached hydrogen (secondary N) is 1. The standard InChI is InChI=1S/C20H21N3O2/c1-3-25-19(24)13-21-20-17(11-10-16-7-5-4-6-8-16)22-18-12-9-15(2)14-23(18)20/h4-12,14,21H,3,13H2,1-2H3/b11-10+. The molecule has 3 aromatic rings. The number of ether oxygens (including phenoxy) is 1. The lowest BCUT2D eigenvalue weighted by molar-refractivity contribution is -0.140. The minimum absolute atomic E-state index is 0.0990. The number of esters is 1. The molecule has 2 heterocycles. The van der Waals surface area contributed by atoms with Crippen LogP contribution in [0.3, 0.4) is 0 Å². The highest BCUT2D eigenvalue weighted by Gasteiger charge is 2.12. The Morgan fingerprint density at radius 1 is 1.20 bits per heavy atom. The van der Waals surface area contributed by atoms with Crippen molar-refractivity contribution in [2.24, 2.45) is 0 Å². The van der Waals surface area contributed by atoms with Crippen molar-refractivity contribution >= 4 is 29.6 Å². The van der Waals surface area contributed by atoms with Gasteiger partial charge in [0, 0.05) is 6.20 Å². The zero-order valence-corrected chi connectivity index (χ0v) is 14.4. The molecule has 0 unspecified atom stereocenters. The van der Waals surface area contributed by atoms with Gasteiger partial charge in [0.2, 0.25) is 0 Å². The molecule has 1 aromatic carbocycles. The van der Waals surface area contributed by atoms with Gasteiger partial charge in [0.15, 0.2) is 0 Å². The van der Waals surface area contributed by atoms with Gasteiger partial charge in [-0.1, -0.05) is 42.5 Å². The molecule has 5 nitrogen and oxygen atoms in total.